The first-order valence-corrected chi connectivity index (χ1v) is 20.7. The second-order valence-corrected chi connectivity index (χ2v) is 13.5. The van der Waals surface area contributed by atoms with Crippen LogP contribution in [0.5, 0.6) is 0 Å². The van der Waals surface area contributed by atoms with Crippen LogP contribution in [0, 0.1) is 0 Å². The first kappa shape index (κ1) is 48.6. The number of unbranched alkanes of at least 4 members (excludes halogenated alkanes) is 11. The molecule has 1 atom stereocenters. The number of hydrogen-bond donors (Lipinski definition) is 2. The van der Waals surface area contributed by atoms with Gasteiger partial charge in [-0.2, -0.15) is 0 Å². The Bertz CT molecular complexity index is 1060. The van der Waals surface area contributed by atoms with E-state index in [-0.39, 0.29) is 24.5 Å². The predicted octanol–water partition coefficient (Wildman–Crippen LogP) is 12.8. The molecule has 1 amide bonds. The summed E-state index contributed by atoms with van der Waals surface area (Å²) in [5.74, 6) is -1.35. The molecule has 0 saturated heterocycles. The van der Waals surface area contributed by atoms with Crippen LogP contribution in [0.25, 0.3) is 0 Å². The van der Waals surface area contributed by atoms with E-state index >= 15 is 0 Å². The second kappa shape index (κ2) is 40.4. The minimum Gasteiger partial charge on any atom is -0.480 e. The monoisotopic (exact) mass is 722 g/mol. The van der Waals surface area contributed by atoms with Crippen molar-refractivity contribution in [1.29, 1.82) is 0 Å². The van der Waals surface area contributed by atoms with Crippen molar-refractivity contribution in [2.75, 3.05) is 6.54 Å². The molecule has 0 bridgehead atoms. The Kier molecular flexibility index (Phi) is 37.7. The predicted molar refractivity (Wildman–Crippen MR) is 221 cm³/mol. The van der Waals surface area contributed by atoms with Gasteiger partial charge in [0.1, 0.15) is 12.6 Å². The average Bonchev–Trinajstić information content (AvgIpc) is 3.13. The lowest BCUT2D eigenvalue weighted by molar-refractivity contribution is -0.149. The summed E-state index contributed by atoms with van der Waals surface area (Å²) in [4.78, 5) is 34.9. The van der Waals surface area contributed by atoms with Crippen molar-refractivity contribution in [3.8, 4) is 0 Å². The number of ether oxygens (including phenoxy) is 1. The van der Waals surface area contributed by atoms with E-state index in [9.17, 15) is 14.4 Å². The molecule has 0 spiro atoms. The summed E-state index contributed by atoms with van der Waals surface area (Å²) >= 11 is 0. The van der Waals surface area contributed by atoms with Crippen LogP contribution >= 0.6 is 0 Å². The molecule has 0 saturated carbocycles. The SMILES string of the molecule is CC/C=C\C/C=C\C/C=C\C/C=C\C/C=C\C/C=C\CCC(=O)OC(CCC/C=C\CCCCCCCC)CCCCCCCC(=O)NCC(=O)O. The highest BCUT2D eigenvalue weighted by molar-refractivity contribution is 5.80. The van der Waals surface area contributed by atoms with Gasteiger partial charge in [0.05, 0.1) is 0 Å². The molecule has 1 unspecified atom stereocenters. The summed E-state index contributed by atoms with van der Waals surface area (Å²) in [7, 11) is 0. The first-order valence-electron chi connectivity index (χ1n) is 20.7. The number of rotatable bonds is 36. The Hall–Kier alpha value is -3.41. The maximum Gasteiger partial charge on any atom is 0.322 e. The van der Waals surface area contributed by atoms with Crippen LogP contribution in [-0.2, 0) is 19.1 Å². The lowest BCUT2D eigenvalue weighted by Crippen LogP contribution is -2.28. The molecule has 0 aliphatic heterocycles. The molecule has 0 heterocycles. The Balaban J connectivity index is 4.35. The summed E-state index contributed by atoms with van der Waals surface area (Å²) in [6, 6.07) is 0. The molecule has 0 radical (unpaired) electrons. The van der Waals surface area contributed by atoms with Gasteiger partial charge in [0.15, 0.2) is 0 Å². The zero-order valence-electron chi connectivity index (χ0n) is 33.1. The van der Waals surface area contributed by atoms with Crippen molar-refractivity contribution in [3.63, 3.8) is 0 Å². The van der Waals surface area contributed by atoms with Crippen LogP contribution < -0.4 is 5.32 Å². The average molecular weight is 722 g/mol. The van der Waals surface area contributed by atoms with Crippen LogP contribution in [-0.4, -0.2) is 35.6 Å². The maximum absolute atomic E-state index is 12.7. The van der Waals surface area contributed by atoms with Crippen molar-refractivity contribution in [1.82, 2.24) is 5.32 Å². The number of allylic oxidation sites excluding steroid dienone is 14. The fourth-order valence-electron chi connectivity index (χ4n) is 5.54. The number of esters is 1. The maximum atomic E-state index is 12.7. The number of carboxylic acid groups (broad SMARTS) is 1. The molecule has 294 valence electrons. The summed E-state index contributed by atoms with van der Waals surface area (Å²) in [5.41, 5.74) is 0. The molecule has 2 N–H and O–H groups in total. The van der Waals surface area contributed by atoms with Crippen molar-refractivity contribution < 1.29 is 24.2 Å². The zero-order chi connectivity index (χ0) is 38.0. The molecular formula is C46H75NO5. The van der Waals surface area contributed by atoms with Gasteiger partial charge >= 0.3 is 11.9 Å². The number of carbonyl (C=O) groups is 3. The fourth-order valence-corrected chi connectivity index (χ4v) is 5.54. The van der Waals surface area contributed by atoms with Gasteiger partial charge in [0.2, 0.25) is 5.91 Å². The summed E-state index contributed by atoms with van der Waals surface area (Å²) in [5, 5.41) is 11.1. The van der Waals surface area contributed by atoms with Crippen LogP contribution in [0.1, 0.15) is 174 Å². The number of hydrogen-bond acceptors (Lipinski definition) is 4. The second-order valence-electron chi connectivity index (χ2n) is 13.5. The topological polar surface area (TPSA) is 92.7 Å². The number of carboxylic acids is 1. The third kappa shape index (κ3) is 39.4. The minimum atomic E-state index is -1.03. The van der Waals surface area contributed by atoms with Gasteiger partial charge in [-0.3, -0.25) is 14.4 Å². The van der Waals surface area contributed by atoms with E-state index in [1.54, 1.807) is 0 Å². The van der Waals surface area contributed by atoms with Crippen molar-refractivity contribution in [2.45, 2.75) is 180 Å². The molecule has 0 aliphatic rings. The Morgan fingerprint density at radius 3 is 1.56 bits per heavy atom. The summed E-state index contributed by atoms with van der Waals surface area (Å²) in [6.07, 6.45) is 55.6. The van der Waals surface area contributed by atoms with Crippen molar-refractivity contribution in [2.24, 2.45) is 0 Å². The minimum absolute atomic E-state index is 0.0495. The van der Waals surface area contributed by atoms with E-state index in [2.05, 4.69) is 104 Å². The Morgan fingerprint density at radius 2 is 0.981 bits per heavy atom. The fraction of sp³-hybridized carbons (Fsp3) is 0.630. The molecule has 0 aromatic carbocycles. The first-order chi connectivity index (χ1) is 25.5. The van der Waals surface area contributed by atoms with Gasteiger partial charge in [-0.1, -0.05) is 150 Å². The van der Waals surface area contributed by atoms with E-state index in [4.69, 9.17) is 9.84 Å². The van der Waals surface area contributed by atoms with Gasteiger partial charge in [-0.15, -0.1) is 0 Å². The van der Waals surface area contributed by atoms with Crippen LogP contribution in [0.4, 0.5) is 0 Å². The quantitative estimate of drug-likeness (QED) is 0.0382. The van der Waals surface area contributed by atoms with E-state index < -0.39 is 5.97 Å². The zero-order valence-corrected chi connectivity index (χ0v) is 33.1. The molecule has 0 aliphatic carbocycles. The van der Waals surface area contributed by atoms with E-state index in [1.807, 2.05) is 0 Å². The van der Waals surface area contributed by atoms with Crippen LogP contribution in [0.2, 0.25) is 0 Å². The van der Waals surface area contributed by atoms with Crippen LogP contribution in [0.15, 0.2) is 85.1 Å². The summed E-state index contributed by atoms with van der Waals surface area (Å²) < 4.78 is 5.95. The molecule has 0 fully saturated rings. The molecule has 52 heavy (non-hydrogen) atoms. The molecule has 6 heteroatoms. The lowest BCUT2D eigenvalue weighted by atomic mass is 10.0. The highest BCUT2D eigenvalue weighted by Gasteiger charge is 2.14. The number of nitrogens with one attached hydrogen (secondary N) is 1. The summed E-state index contributed by atoms with van der Waals surface area (Å²) in [6.45, 7) is 4.08. The van der Waals surface area contributed by atoms with Gasteiger partial charge < -0.3 is 15.2 Å². The Labute approximate surface area is 318 Å². The number of carbonyl (C=O) groups excluding carboxylic acids is 2. The molecular weight excluding hydrogens is 647 g/mol. The van der Waals surface area contributed by atoms with E-state index in [0.29, 0.717) is 19.3 Å². The smallest absolute Gasteiger partial charge is 0.322 e. The number of aliphatic carboxylic acids is 1. The highest BCUT2D eigenvalue weighted by atomic mass is 16.5. The molecule has 0 aromatic rings. The molecule has 0 rings (SSSR count). The largest absolute Gasteiger partial charge is 0.480 e. The van der Waals surface area contributed by atoms with E-state index in [1.165, 1.54) is 38.5 Å². The third-order valence-corrected chi connectivity index (χ3v) is 8.56. The standard InChI is InChI=1S/C46H75NO5/c1-3-5-7-9-11-13-15-16-17-18-19-20-21-22-24-26-28-33-37-41-46(51)52-43(38-34-30-27-25-23-14-12-10-8-6-4-2)39-35-31-29-32-36-40-44(48)47-42-45(49)50/h5,7,11,13,16-17,19-20,22,24-25,27-28,33,43H,3-4,6,8-10,12,14-15,18,21,23,26,29-32,34-42H2,1-2H3,(H,47,48)(H,49,50)/b7-5-,13-11-,17-16-,20-19-,24-22-,27-25-,33-28-. The number of amides is 1. The van der Waals surface area contributed by atoms with Gasteiger partial charge in [0.25, 0.3) is 0 Å². The molecule has 6 nitrogen and oxygen atoms in total. The van der Waals surface area contributed by atoms with E-state index in [0.717, 1.165) is 103 Å². The van der Waals surface area contributed by atoms with Crippen molar-refractivity contribution in [3.05, 3.63) is 85.1 Å². The Morgan fingerprint density at radius 1 is 0.519 bits per heavy atom. The molecule has 0 aromatic heterocycles. The highest BCUT2D eigenvalue weighted by Crippen LogP contribution is 2.17. The van der Waals surface area contributed by atoms with Crippen LogP contribution in [0.3, 0.4) is 0 Å². The van der Waals surface area contributed by atoms with Gasteiger partial charge in [0, 0.05) is 12.8 Å². The lowest BCUT2D eigenvalue weighted by Gasteiger charge is -2.17. The normalized spacial score (nSPS) is 13.0. The van der Waals surface area contributed by atoms with Gasteiger partial charge in [-0.05, 0) is 96.3 Å². The van der Waals surface area contributed by atoms with Gasteiger partial charge in [-0.25, -0.2) is 0 Å². The third-order valence-electron chi connectivity index (χ3n) is 8.56. The van der Waals surface area contributed by atoms with Crippen molar-refractivity contribution >= 4 is 17.8 Å².